The summed E-state index contributed by atoms with van der Waals surface area (Å²) in [6.45, 7) is 0.437. The highest BCUT2D eigenvalue weighted by Gasteiger charge is 2.13. The van der Waals surface area contributed by atoms with Crippen LogP contribution >= 0.6 is 0 Å². The Kier molecular flexibility index (Phi) is 8.36. The van der Waals surface area contributed by atoms with Crippen molar-refractivity contribution in [2.24, 2.45) is 0 Å². The first-order chi connectivity index (χ1) is 12.6. The van der Waals surface area contributed by atoms with E-state index in [4.69, 9.17) is 9.47 Å². The van der Waals surface area contributed by atoms with Crippen LogP contribution in [0, 0.1) is 0 Å². The summed E-state index contributed by atoms with van der Waals surface area (Å²) in [6.07, 6.45) is 0.122. The maximum absolute atomic E-state index is 11.7. The van der Waals surface area contributed by atoms with E-state index in [-0.39, 0.29) is 32.0 Å². The number of hydrogen-bond acceptors (Lipinski definition) is 5. The summed E-state index contributed by atoms with van der Waals surface area (Å²) in [6, 6.07) is 18.8. The van der Waals surface area contributed by atoms with E-state index in [2.05, 4.69) is 0 Å². The summed E-state index contributed by atoms with van der Waals surface area (Å²) >= 11 is 0. The van der Waals surface area contributed by atoms with Crippen molar-refractivity contribution in [1.29, 1.82) is 0 Å². The Labute approximate surface area is 153 Å². The van der Waals surface area contributed by atoms with E-state index in [0.717, 1.165) is 11.1 Å². The zero-order valence-electron chi connectivity index (χ0n) is 14.7. The molecule has 0 radical (unpaired) electrons. The first-order valence-electron chi connectivity index (χ1n) is 8.70. The predicted octanol–water partition coefficient (Wildman–Crippen LogP) is 3.39. The van der Waals surface area contributed by atoms with Gasteiger partial charge in [0.1, 0.15) is 13.2 Å². The molecule has 26 heavy (non-hydrogen) atoms. The van der Waals surface area contributed by atoms with Crippen LogP contribution in [-0.4, -0.2) is 23.1 Å². The van der Waals surface area contributed by atoms with Crippen molar-refractivity contribution in [2.45, 2.75) is 45.0 Å². The van der Waals surface area contributed by atoms with Gasteiger partial charge in [0.05, 0.1) is 12.5 Å². The van der Waals surface area contributed by atoms with E-state index in [1.165, 1.54) is 0 Å². The van der Waals surface area contributed by atoms with Crippen LogP contribution in [0.25, 0.3) is 0 Å². The number of aliphatic hydroxyl groups is 1. The fraction of sp³-hybridized carbons (Fsp3) is 0.333. The van der Waals surface area contributed by atoms with Crippen LogP contribution < -0.4 is 0 Å². The lowest BCUT2D eigenvalue weighted by Gasteiger charge is -2.10. The van der Waals surface area contributed by atoms with Gasteiger partial charge in [0.25, 0.3) is 0 Å². The number of ether oxygens (including phenoxy) is 2. The molecule has 0 aliphatic rings. The number of carbonyl (C=O) groups is 2. The summed E-state index contributed by atoms with van der Waals surface area (Å²) in [5.74, 6) is -0.763. The third-order valence-electron chi connectivity index (χ3n) is 3.81. The molecule has 2 rings (SSSR count). The molecule has 1 atom stereocenters. The normalized spacial score (nSPS) is 11.6. The predicted molar refractivity (Wildman–Crippen MR) is 97.0 cm³/mol. The van der Waals surface area contributed by atoms with Crippen molar-refractivity contribution in [1.82, 2.24) is 0 Å². The molecule has 5 nitrogen and oxygen atoms in total. The standard InChI is InChI=1S/C21H24O5/c22-19(14-21(24)26-16-18-10-5-2-6-11-18)12-7-13-20(23)25-15-17-8-3-1-4-9-17/h1-6,8-11,19,22H,7,12-16H2. The molecule has 2 aromatic rings. The van der Waals surface area contributed by atoms with E-state index < -0.39 is 12.1 Å². The lowest BCUT2D eigenvalue weighted by molar-refractivity contribution is -0.147. The van der Waals surface area contributed by atoms with Crippen LogP contribution in [0.1, 0.15) is 36.8 Å². The molecule has 0 aliphatic heterocycles. The molecule has 0 spiro atoms. The van der Waals surface area contributed by atoms with Gasteiger partial charge in [-0.3, -0.25) is 9.59 Å². The van der Waals surface area contributed by atoms with Crippen LogP contribution in [-0.2, 0) is 32.3 Å². The van der Waals surface area contributed by atoms with E-state index in [9.17, 15) is 14.7 Å². The average Bonchev–Trinajstić information content (AvgIpc) is 2.66. The minimum atomic E-state index is -0.819. The molecule has 0 saturated carbocycles. The van der Waals surface area contributed by atoms with Crippen molar-refractivity contribution in [3.8, 4) is 0 Å². The Morgan fingerprint density at radius 1 is 0.808 bits per heavy atom. The highest BCUT2D eigenvalue weighted by atomic mass is 16.5. The third-order valence-corrected chi connectivity index (χ3v) is 3.81. The van der Waals surface area contributed by atoms with Crippen LogP contribution in [0.15, 0.2) is 60.7 Å². The number of rotatable bonds is 10. The first-order valence-corrected chi connectivity index (χ1v) is 8.70. The maximum atomic E-state index is 11.7. The van der Waals surface area contributed by atoms with Crippen molar-refractivity contribution >= 4 is 11.9 Å². The molecule has 0 saturated heterocycles. The lowest BCUT2D eigenvalue weighted by atomic mass is 10.1. The molecular weight excluding hydrogens is 332 g/mol. The van der Waals surface area contributed by atoms with Gasteiger partial charge in [-0.25, -0.2) is 0 Å². The second kappa shape index (κ2) is 11.1. The molecular formula is C21H24O5. The summed E-state index contributed by atoms with van der Waals surface area (Å²) in [7, 11) is 0. The Balaban J connectivity index is 1.55. The fourth-order valence-corrected chi connectivity index (χ4v) is 2.38. The van der Waals surface area contributed by atoms with Crippen molar-refractivity contribution in [3.63, 3.8) is 0 Å². The van der Waals surface area contributed by atoms with Gasteiger partial charge in [0.2, 0.25) is 0 Å². The molecule has 0 aliphatic carbocycles. The largest absolute Gasteiger partial charge is 0.461 e. The van der Waals surface area contributed by atoms with Gasteiger partial charge in [-0.15, -0.1) is 0 Å². The van der Waals surface area contributed by atoms with Gasteiger partial charge >= 0.3 is 11.9 Å². The van der Waals surface area contributed by atoms with Crippen LogP contribution in [0.2, 0.25) is 0 Å². The SMILES string of the molecule is O=C(CCCC(O)CC(=O)OCc1ccccc1)OCc1ccccc1. The Bertz CT molecular complexity index is 669. The zero-order chi connectivity index (χ0) is 18.6. The molecule has 0 aromatic heterocycles. The Hall–Kier alpha value is -2.66. The van der Waals surface area contributed by atoms with Gasteiger partial charge in [-0.05, 0) is 24.0 Å². The van der Waals surface area contributed by atoms with E-state index in [1.54, 1.807) is 0 Å². The summed E-state index contributed by atoms with van der Waals surface area (Å²) in [4.78, 5) is 23.4. The smallest absolute Gasteiger partial charge is 0.308 e. The lowest BCUT2D eigenvalue weighted by Crippen LogP contribution is -2.16. The monoisotopic (exact) mass is 356 g/mol. The molecule has 138 valence electrons. The van der Waals surface area contributed by atoms with Crippen LogP contribution in [0.4, 0.5) is 0 Å². The van der Waals surface area contributed by atoms with Gasteiger partial charge in [-0.2, -0.15) is 0 Å². The average molecular weight is 356 g/mol. The fourth-order valence-electron chi connectivity index (χ4n) is 2.38. The van der Waals surface area contributed by atoms with Gasteiger partial charge in [0, 0.05) is 6.42 Å². The van der Waals surface area contributed by atoms with E-state index >= 15 is 0 Å². The topological polar surface area (TPSA) is 72.8 Å². The van der Waals surface area contributed by atoms with Gasteiger partial charge in [-0.1, -0.05) is 60.7 Å². The van der Waals surface area contributed by atoms with Crippen LogP contribution in [0.3, 0.4) is 0 Å². The van der Waals surface area contributed by atoms with Crippen molar-refractivity contribution < 1.29 is 24.2 Å². The number of esters is 2. The Morgan fingerprint density at radius 3 is 1.85 bits per heavy atom. The number of hydrogen-bond donors (Lipinski definition) is 1. The summed E-state index contributed by atoms with van der Waals surface area (Å²) in [5.41, 5.74) is 1.83. The van der Waals surface area contributed by atoms with Crippen molar-refractivity contribution in [2.75, 3.05) is 0 Å². The first kappa shape index (κ1) is 19.7. The number of benzene rings is 2. The highest BCUT2D eigenvalue weighted by molar-refractivity contribution is 5.70. The van der Waals surface area contributed by atoms with E-state index in [0.29, 0.717) is 12.8 Å². The van der Waals surface area contributed by atoms with E-state index in [1.807, 2.05) is 60.7 Å². The van der Waals surface area contributed by atoms with Crippen molar-refractivity contribution in [3.05, 3.63) is 71.8 Å². The summed E-state index contributed by atoms with van der Waals surface area (Å²) in [5, 5.41) is 9.88. The van der Waals surface area contributed by atoms with Gasteiger partial charge in [0.15, 0.2) is 0 Å². The quantitative estimate of drug-likeness (QED) is 0.661. The molecule has 1 N–H and O–H groups in total. The minimum Gasteiger partial charge on any atom is -0.461 e. The number of carbonyl (C=O) groups excluding carboxylic acids is 2. The second-order valence-electron chi connectivity index (χ2n) is 6.04. The highest BCUT2D eigenvalue weighted by Crippen LogP contribution is 2.09. The molecule has 0 heterocycles. The van der Waals surface area contributed by atoms with Crippen LogP contribution in [0.5, 0.6) is 0 Å². The molecule has 0 amide bonds. The van der Waals surface area contributed by atoms with Gasteiger partial charge < -0.3 is 14.6 Å². The molecule has 5 heteroatoms. The Morgan fingerprint density at radius 2 is 1.31 bits per heavy atom. The molecule has 0 bridgehead atoms. The number of aliphatic hydroxyl groups excluding tert-OH is 1. The second-order valence-corrected chi connectivity index (χ2v) is 6.04. The maximum Gasteiger partial charge on any atom is 0.308 e. The summed E-state index contributed by atoms with van der Waals surface area (Å²) < 4.78 is 10.3. The minimum absolute atomic E-state index is 0.0775. The molecule has 0 fully saturated rings. The third kappa shape index (κ3) is 7.94. The zero-order valence-corrected chi connectivity index (χ0v) is 14.7. The molecule has 1 unspecified atom stereocenters. The molecule has 2 aromatic carbocycles.